The largest absolute Gasteiger partial charge is 0.352 e. The Hall–Kier alpha value is -2.61. The smallest absolute Gasteiger partial charge is 0.312 e. The highest BCUT2D eigenvalue weighted by Crippen LogP contribution is 2.08. The highest BCUT2D eigenvalue weighted by Gasteiger charge is 2.21. The molecule has 23 heavy (non-hydrogen) atoms. The van der Waals surface area contributed by atoms with E-state index in [-0.39, 0.29) is 12.1 Å². The standard InChI is InChI=1S/C15H15BrN4O3/c16-12-7-6-10(13(21)20-12)18-14(22)11(19-15(17)23)8-9-4-2-1-3-5-9/h1-7,11H,8H2,(H,18,22)(H,20,21)(H3,17,19,23). The van der Waals surface area contributed by atoms with E-state index in [1.165, 1.54) is 6.07 Å². The minimum atomic E-state index is -0.891. The maximum absolute atomic E-state index is 12.3. The lowest BCUT2D eigenvalue weighted by Crippen LogP contribution is -2.47. The number of hydrogen-bond acceptors (Lipinski definition) is 3. The van der Waals surface area contributed by atoms with Gasteiger partial charge in [0.15, 0.2) is 0 Å². The third kappa shape index (κ3) is 4.96. The van der Waals surface area contributed by atoms with Crippen molar-refractivity contribution in [3.63, 3.8) is 0 Å². The number of benzene rings is 1. The molecule has 0 aliphatic heterocycles. The first-order chi connectivity index (χ1) is 11.0. The van der Waals surface area contributed by atoms with Gasteiger partial charge in [-0.15, -0.1) is 0 Å². The van der Waals surface area contributed by atoms with Crippen LogP contribution in [0.3, 0.4) is 0 Å². The van der Waals surface area contributed by atoms with Crippen molar-refractivity contribution in [1.29, 1.82) is 0 Å². The van der Waals surface area contributed by atoms with E-state index in [9.17, 15) is 14.4 Å². The van der Waals surface area contributed by atoms with Crippen LogP contribution >= 0.6 is 15.9 Å². The molecule has 2 rings (SSSR count). The van der Waals surface area contributed by atoms with Gasteiger partial charge < -0.3 is 21.4 Å². The zero-order valence-corrected chi connectivity index (χ0v) is 13.6. The summed E-state index contributed by atoms with van der Waals surface area (Å²) in [6.45, 7) is 0. The van der Waals surface area contributed by atoms with Crippen molar-refractivity contribution in [2.24, 2.45) is 5.73 Å². The molecule has 1 aromatic heterocycles. The number of nitrogens with two attached hydrogens (primary N) is 1. The van der Waals surface area contributed by atoms with Crippen molar-refractivity contribution in [1.82, 2.24) is 10.3 Å². The van der Waals surface area contributed by atoms with Gasteiger partial charge in [-0.3, -0.25) is 9.59 Å². The third-order valence-electron chi connectivity index (χ3n) is 3.05. The van der Waals surface area contributed by atoms with E-state index in [2.05, 4.69) is 31.5 Å². The van der Waals surface area contributed by atoms with Gasteiger partial charge in [-0.25, -0.2) is 4.79 Å². The monoisotopic (exact) mass is 378 g/mol. The first-order valence-electron chi connectivity index (χ1n) is 6.75. The van der Waals surface area contributed by atoms with Gasteiger partial charge >= 0.3 is 6.03 Å². The molecular weight excluding hydrogens is 364 g/mol. The number of anilines is 1. The minimum absolute atomic E-state index is 0.0857. The van der Waals surface area contributed by atoms with Crippen LogP contribution in [-0.4, -0.2) is 23.0 Å². The summed E-state index contributed by atoms with van der Waals surface area (Å²) in [5.74, 6) is -0.527. The van der Waals surface area contributed by atoms with Gasteiger partial charge in [-0.1, -0.05) is 30.3 Å². The molecule has 7 nitrogen and oxygen atoms in total. The number of aromatic amines is 1. The van der Waals surface area contributed by atoms with Gasteiger partial charge in [-0.2, -0.15) is 0 Å². The summed E-state index contributed by atoms with van der Waals surface area (Å²) < 4.78 is 0.497. The van der Waals surface area contributed by atoms with Gasteiger partial charge in [0.1, 0.15) is 11.7 Å². The second kappa shape index (κ2) is 7.59. The van der Waals surface area contributed by atoms with Crippen LogP contribution in [0.2, 0.25) is 0 Å². The molecule has 0 saturated carbocycles. The second-order valence-electron chi connectivity index (χ2n) is 4.79. The number of carbonyl (C=O) groups excluding carboxylic acids is 2. The number of rotatable bonds is 5. The number of pyridine rings is 1. The Morgan fingerprint density at radius 1 is 1.17 bits per heavy atom. The molecule has 0 bridgehead atoms. The Kier molecular flexibility index (Phi) is 5.53. The van der Waals surface area contributed by atoms with Crippen molar-refractivity contribution in [3.05, 3.63) is 63.0 Å². The molecule has 1 unspecified atom stereocenters. The van der Waals surface area contributed by atoms with Crippen LogP contribution in [0.1, 0.15) is 5.56 Å². The Labute approximate surface area is 140 Å². The molecule has 120 valence electrons. The van der Waals surface area contributed by atoms with Crippen LogP contribution in [0.4, 0.5) is 10.5 Å². The van der Waals surface area contributed by atoms with Crippen molar-refractivity contribution in [2.75, 3.05) is 5.32 Å². The van der Waals surface area contributed by atoms with Crippen molar-refractivity contribution in [3.8, 4) is 0 Å². The minimum Gasteiger partial charge on any atom is -0.352 e. The van der Waals surface area contributed by atoms with E-state index >= 15 is 0 Å². The predicted octanol–water partition coefficient (Wildman–Crippen LogP) is 1.36. The van der Waals surface area contributed by atoms with E-state index in [0.717, 1.165) is 5.56 Å². The van der Waals surface area contributed by atoms with Crippen LogP contribution in [0, 0.1) is 0 Å². The fourth-order valence-electron chi connectivity index (χ4n) is 2.00. The average Bonchev–Trinajstić information content (AvgIpc) is 2.50. The van der Waals surface area contributed by atoms with Crippen LogP contribution in [0.25, 0.3) is 0 Å². The molecule has 8 heteroatoms. The summed E-state index contributed by atoms with van der Waals surface area (Å²) in [5.41, 5.74) is 5.61. The van der Waals surface area contributed by atoms with Crippen LogP contribution in [0.5, 0.6) is 0 Å². The zero-order valence-electron chi connectivity index (χ0n) is 12.0. The highest BCUT2D eigenvalue weighted by atomic mass is 79.9. The number of nitrogens with one attached hydrogen (secondary N) is 3. The van der Waals surface area contributed by atoms with E-state index in [1.807, 2.05) is 30.3 Å². The molecule has 0 aliphatic carbocycles. The van der Waals surface area contributed by atoms with Gasteiger partial charge in [0.25, 0.3) is 5.56 Å². The molecule has 1 aromatic carbocycles. The lowest BCUT2D eigenvalue weighted by atomic mass is 10.1. The van der Waals surface area contributed by atoms with Gasteiger partial charge in [0.05, 0.1) is 4.60 Å². The lowest BCUT2D eigenvalue weighted by molar-refractivity contribution is -0.117. The Balaban J connectivity index is 2.16. The van der Waals surface area contributed by atoms with E-state index in [1.54, 1.807) is 6.07 Å². The lowest BCUT2D eigenvalue weighted by Gasteiger charge is -2.17. The van der Waals surface area contributed by atoms with Gasteiger partial charge in [0, 0.05) is 6.42 Å². The third-order valence-corrected chi connectivity index (χ3v) is 3.51. The normalized spacial score (nSPS) is 11.5. The number of halogens is 1. The number of primary amides is 1. The quantitative estimate of drug-likeness (QED) is 0.588. The summed E-state index contributed by atoms with van der Waals surface area (Å²) >= 11 is 3.13. The van der Waals surface area contributed by atoms with E-state index in [0.29, 0.717) is 4.60 Å². The number of carbonyl (C=O) groups is 2. The molecule has 1 heterocycles. The summed E-state index contributed by atoms with van der Waals surface area (Å²) in [7, 11) is 0. The van der Waals surface area contributed by atoms with Crippen molar-refractivity contribution in [2.45, 2.75) is 12.5 Å². The summed E-state index contributed by atoms with van der Waals surface area (Å²) in [6.07, 6.45) is 0.254. The fourth-order valence-corrected chi connectivity index (χ4v) is 2.31. The van der Waals surface area contributed by atoms with E-state index < -0.39 is 23.5 Å². The summed E-state index contributed by atoms with van der Waals surface area (Å²) in [4.78, 5) is 37.7. The topological polar surface area (TPSA) is 117 Å². The summed E-state index contributed by atoms with van der Waals surface area (Å²) in [6, 6.07) is 10.5. The molecular formula is C15H15BrN4O3. The first kappa shape index (κ1) is 16.8. The van der Waals surface area contributed by atoms with Gasteiger partial charge in [0.2, 0.25) is 5.91 Å². The van der Waals surface area contributed by atoms with Gasteiger partial charge in [-0.05, 0) is 33.6 Å². The van der Waals surface area contributed by atoms with Crippen LogP contribution in [-0.2, 0) is 11.2 Å². The summed E-state index contributed by atoms with van der Waals surface area (Å²) in [5, 5.41) is 4.87. The molecule has 0 saturated heterocycles. The molecule has 0 fully saturated rings. The van der Waals surface area contributed by atoms with Crippen LogP contribution < -0.4 is 21.9 Å². The number of H-pyrrole nitrogens is 1. The molecule has 0 radical (unpaired) electrons. The van der Waals surface area contributed by atoms with Crippen molar-refractivity contribution >= 4 is 33.6 Å². The van der Waals surface area contributed by atoms with Crippen molar-refractivity contribution < 1.29 is 9.59 Å². The Morgan fingerprint density at radius 2 is 1.87 bits per heavy atom. The molecule has 0 spiro atoms. The maximum Gasteiger partial charge on any atom is 0.312 e. The molecule has 1 atom stereocenters. The number of amides is 3. The fraction of sp³-hybridized carbons (Fsp3) is 0.133. The number of urea groups is 1. The molecule has 3 amide bonds. The Bertz CT molecular complexity index is 761. The number of hydrogen-bond donors (Lipinski definition) is 4. The second-order valence-corrected chi connectivity index (χ2v) is 5.64. The molecule has 2 aromatic rings. The van der Waals surface area contributed by atoms with Crippen LogP contribution in [0.15, 0.2) is 51.9 Å². The van der Waals surface area contributed by atoms with E-state index in [4.69, 9.17) is 5.73 Å². The zero-order chi connectivity index (χ0) is 16.8. The maximum atomic E-state index is 12.3. The average molecular weight is 379 g/mol. The Morgan fingerprint density at radius 3 is 2.48 bits per heavy atom. The molecule has 5 N–H and O–H groups in total. The highest BCUT2D eigenvalue weighted by molar-refractivity contribution is 9.10. The SMILES string of the molecule is NC(=O)NC(Cc1ccccc1)C(=O)Nc1ccc(Br)[nH]c1=O. The first-order valence-corrected chi connectivity index (χ1v) is 7.54. The number of aromatic nitrogens is 1. The molecule has 0 aliphatic rings. The predicted molar refractivity (Wildman–Crippen MR) is 90.0 cm³/mol.